The standard InChI is InChI=1S/20CH2O3.10Li.10H/c20*2-1(3)4;;;;;;;;;;;;;;;;;;;;/h20*(H2,2,3,4);;;;;;;;;;;;;;;;;;;;. The van der Waals surface area contributed by atoms with Crippen LogP contribution >= 0.6 is 0 Å². The van der Waals surface area contributed by atoms with Gasteiger partial charge >= 0.3 is 312 Å². The second-order valence-electron chi connectivity index (χ2n) is 5.65. The molecule has 40 N–H and O–H groups in total. The molecule has 0 heterocycles. The van der Waals surface area contributed by atoms with Crippen molar-refractivity contribution in [2.45, 2.75) is 0 Å². The molecule has 0 aromatic heterocycles. The molecule has 0 amide bonds. The van der Waals surface area contributed by atoms with Crippen LogP contribution < -0.4 is 0 Å². The summed E-state index contributed by atoms with van der Waals surface area (Å²) in [5, 5.41) is 279. The van der Waals surface area contributed by atoms with Gasteiger partial charge < -0.3 is 204 Å². The first-order valence-electron chi connectivity index (χ1n) is 13.0. The van der Waals surface area contributed by atoms with Crippen LogP contribution in [-0.4, -0.2) is 516 Å². The number of hydrogen-bond acceptors (Lipinski definition) is 20. The van der Waals surface area contributed by atoms with E-state index in [2.05, 4.69) is 0 Å². The molecule has 70 heteroatoms. The van der Waals surface area contributed by atoms with Crippen LogP contribution in [0.5, 0.6) is 0 Å². The first-order valence-corrected chi connectivity index (χ1v) is 13.0. The average molecular weight is 1320 g/mol. The minimum atomic E-state index is -1.83. The molecule has 0 aliphatic heterocycles. The molecule has 0 unspecified atom stereocenters. The van der Waals surface area contributed by atoms with E-state index in [-0.39, 0.29) is 189 Å². The van der Waals surface area contributed by atoms with Gasteiger partial charge in [0.1, 0.15) is 0 Å². The van der Waals surface area contributed by atoms with Gasteiger partial charge in [0, 0.05) is 0 Å². The zero-order valence-corrected chi connectivity index (χ0v) is 36.1. The van der Waals surface area contributed by atoms with Gasteiger partial charge in [-0.15, -0.1) is 0 Å². The molecule has 500 valence electrons. The fourth-order valence-corrected chi connectivity index (χ4v) is 0. The minimum absolute atomic E-state index is 0. The maximum atomic E-state index is 8.56. The Morgan fingerprint density at radius 3 is 0.0778 bits per heavy atom. The third kappa shape index (κ3) is 6550. The fraction of sp³-hybridized carbons (Fsp3) is 0. The van der Waals surface area contributed by atoms with Crippen LogP contribution in [0.4, 0.5) is 95.9 Å². The summed E-state index contributed by atoms with van der Waals surface area (Å²) in [6, 6.07) is 0. The summed E-state index contributed by atoms with van der Waals surface area (Å²) in [5.74, 6) is 0. The van der Waals surface area contributed by atoms with Gasteiger partial charge in [-0.3, -0.25) is 0 Å². The topological polar surface area (TPSA) is 1150 Å². The number of rotatable bonds is 0. The second-order valence-corrected chi connectivity index (χ2v) is 5.65. The SMILES string of the molecule is O=C(O)O.O=C(O)O.O=C(O)O.O=C(O)O.O=C(O)O.O=C(O)O.O=C(O)O.O=C(O)O.O=C(O)O.O=C(O)O.O=C(O)O.O=C(O)O.O=C(O)O.O=C(O)O.O=C(O)O.O=C(O)O.O=C(O)O.O=C(O)O.O=C(O)O.O=C(O)O.[LiH].[LiH].[LiH].[LiH].[LiH].[LiH].[LiH].[LiH].[LiH].[LiH]. The second kappa shape index (κ2) is 192. The molecule has 0 aromatic rings. The third-order valence-corrected chi connectivity index (χ3v) is 0. The van der Waals surface area contributed by atoms with Crippen LogP contribution in [0.2, 0.25) is 0 Å². The number of carboxylic acid groups (broad SMARTS) is 40. The molecule has 0 bridgehead atoms. The molecule has 0 atom stereocenters. The fourth-order valence-electron chi connectivity index (χ4n) is 0. The summed E-state index contributed by atoms with van der Waals surface area (Å²) >= 11 is 0. The Kier molecular flexibility index (Phi) is 425. The molecule has 0 saturated carbocycles. The van der Waals surface area contributed by atoms with Crippen LogP contribution in [0.25, 0.3) is 0 Å². The Hall–Kier alpha value is -8.63. The first-order chi connectivity index (χ1) is 34.6. The van der Waals surface area contributed by atoms with E-state index in [4.69, 9.17) is 300 Å². The summed E-state index contributed by atoms with van der Waals surface area (Å²) in [6.07, 6.45) is -36.7. The molecule has 0 aliphatic rings. The van der Waals surface area contributed by atoms with Crippen molar-refractivity contribution in [2.75, 3.05) is 0 Å². The van der Waals surface area contributed by atoms with Crippen molar-refractivity contribution in [3.8, 4) is 0 Å². The molecule has 0 fully saturated rings. The van der Waals surface area contributed by atoms with Crippen molar-refractivity contribution in [2.24, 2.45) is 0 Å². The molecule has 0 saturated heterocycles. The van der Waals surface area contributed by atoms with Crippen molar-refractivity contribution < 1.29 is 300 Å². The van der Waals surface area contributed by atoms with Crippen molar-refractivity contribution in [3.63, 3.8) is 0 Å². The van der Waals surface area contributed by atoms with Crippen molar-refractivity contribution in [3.05, 3.63) is 0 Å². The van der Waals surface area contributed by atoms with Gasteiger partial charge in [-0.1, -0.05) is 0 Å². The van der Waals surface area contributed by atoms with Crippen LogP contribution in [-0.2, 0) is 0 Å². The Labute approximate surface area is 607 Å². The normalized spacial score (nSPS) is 5.33. The van der Waals surface area contributed by atoms with E-state index in [0.29, 0.717) is 0 Å². The maximum absolute atomic E-state index is 8.56. The molecule has 60 nitrogen and oxygen atoms in total. The van der Waals surface area contributed by atoms with Gasteiger partial charge in [0.25, 0.3) is 0 Å². The predicted octanol–water partition coefficient (Wildman–Crippen LogP) is -2.04. The predicted molar refractivity (Wildman–Crippen MR) is 285 cm³/mol. The van der Waals surface area contributed by atoms with E-state index in [1.807, 2.05) is 0 Å². The molecule has 0 radical (unpaired) electrons. The van der Waals surface area contributed by atoms with Crippen LogP contribution in [0.1, 0.15) is 0 Å². The van der Waals surface area contributed by atoms with Gasteiger partial charge in [0.2, 0.25) is 0 Å². The first kappa shape index (κ1) is 199. The van der Waals surface area contributed by atoms with E-state index in [0.717, 1.165) is 0 Å². The van der Waals surface area contributed by atoms with Gasteiger partial charge in [0.15, 0.2) is 0 Å². The van der Waals surface area contributed by atoms with E-state index in [1.165, 1.54) is 0 Å². The number of carbonyl (C=O) groups is 20. The molecular formula is C20H50Li10O60. The monoisotopic (exact) mass is 1320 g/mol. The van der Waals surface area contributed by atoms with Crippen LogP contribution in [0.3, 0.4) is 0 Å². The molecule has 0 spiro atoms. The van der Waals surface area contributed by atoms with Crippen molar-refractivity contribution in [1.29, 1.82) is 0 Å². The molecule has 0 aliphatic carbocycles. The summed E-state index contributed by atoms with van der Waals surface area (Å²) in [5.41, 5.74) is 0. The van der Waals surface area contributed by atoms with E-state index < -0.39 is 123 Å². The molecule has 0 rings (SSSR count). The quantitative estimate of drug-likeness (QED) is 0.116. The van der Waals surface area contributed by atoms with Crippen molar-refractivity contribution >= 4 is 312 Å². The third-order valence-electron chi connectivity index (χ3n) is 0. The van der Waals surface area contributed by atoms with Gasteiger partial charge in [-0.25, -0.2) is 95.9 Å². The summed E-state index contributed by atoms with van der Waals surface area (Å²) in [4.78, 5) is 171. The average Bonchev–Trinajstić information content (AvgIpc) is 2.99. The summed E-state index contributed by atoms with van der Waals surface area (Å²) in [7, 11) is 0. The molecule has 0 aromatic carbocycles. The Balaban J connectivity index is -0.0000000150. The van der Waals surface area contributed by atoms with E-state index >= 15 is 0 Å². The van der Waals surface area contributed by atoms with Gasteiger partial charge in [-0.2, -0.15) is 0 Å². The molecule has 90 heavy (non-hydrogen) atoms. The Bertz CT molecular complexity index is 1090. The Morgan fingerprint density at radius 1 is 0.0778 bits per heavy atom. The van der Waals surface area contributed by atoms with Crippen LogP contribution in [0.15, 0.2) is 0 Å². The zero-order chi connectivity index (χ0) is 71.5. The van der Waals surface area contributed by atoms with Gasteiger partial charge in [-0.05, 0) is 0 Å². The van der Waals surface area contributed by atoms with Crippen LogP contribution in [0, 0.1) is 0 Å². The number of hydrogen-bond donors (Lipinski definition) is 40. The summed E-state index contributed by atoms with van der Waals surface area (Å²) in [6.45, 7) is 0. The van der Waals surface area contributed by atoms with Gasteiger partial charge in [0.05, 0.1) is 0 Å². The molecular weight excluding hydrogens is 1270 g/mol. The Morgan fingerprint density at radius 2 is 0.0778 bits per heavy atom. The summed E-state index contributed by atoms with van der Waals surface area (Å²) < 4.78 is 0. The zero-order valence-electron chi connectivity index (χ0n) is 36.1. The van der Waals surface area contributed by atoms with Crippen molar-refractivity contribution in [1.82, 2.24) is 0 Å². The van der Waals surface area contributed by atoms with E-state index in [9.17, 15) is 0 Å². The van der Waals surface area contributed by atoms with E-state index in [1.54, 1.807) is 0 Å².